The van der Waals surface area contributed by atoms with Crippen molar-refractivity contribution in [2.24, 2.45) is 0 Å². The average Bonchev–Trinajstić information content (AvgIpc) is 2.89. The quantitative estimate of drug-likeness (QED) is 0.803. The number of rotatable bonds is 4. The van der Waals surface area contributed by atoms with Gasteiger partial charge in [-0.3, -0.25) is 9.78 Å². The van der Waals surface area contributed by atoms with Crippen molar-refractivity contribution >= 4 is 16.9 Å². The average molecular weight is 295 g/mol. The van der Waals surface area contributed by atoms with Crippen LogP contribution >= 0.6 is 0 Å². The topological polar surface area (TPSA) is 68.0 Å². The molecule has 2 heterocycles. The summed E-state index contributed by atoms with van der Waals surface area (Å²) in [7, 11) is 0. The Balaban J connectivity index is 1.72. The zero-order valence-electron chi connectivity index (χ0n) is 12.6. The number of pyridine rings is 1. The zero-order chi connectivity index (χ0) is 15.5. The van der Waals surface area contributed by atoms with E-state index < -0.39 is 0 Å². The highest BCUT2D eigenvalue weighted by atomic mass is 16.5. The predicted molar refractivity (Wildman–Crippen MR) is 83.3 cm³/mol. The van der Waals surface area contributed by atoms with Crippen molar-refractivity contribution < 1.29 is 9.32 Å². The Morgan fingerprint density at radius 1 is 1.23 bits per heavy atom. The van der Waals surface area contributed by atoms with Gasteiger partial charge >= 0.3 is 0 Å². The molecule has 2 aromatic heterocycles. The summed E-state index contributed by atoms with van der Waals surface area (Å²) in [6.45, 7) is 4.50. The van der Waals surface area contributed by atoms with Crippen molar-refractivity contribution in [3.63, 3.8) is 0 Å². The van der Waals surface area contributed by atoms with Crippen LogP contribution < -0.4 is 5.32 Å². The van der Waals surface area contributed by atoms with Crippen LogP contribution in [0, 0.1) is 13.8 Å². The van der Waals surface area contributed by atoms with Gasteiger partial charge in [0.15, 0.2) is 5.58 Å². The third-order valence-corrected chi connectivity index (χ3v) is 3.55. The van der Waals surface area contributed by atoms with E-state index in [1.165, 1.54) is 0 Å². The Hall–Kier alpha value is -2.69. The lowest BCUT2D eigenvalue weighted by Crippen LogP contribution is -2.24. The van der Waals surface area contributed by atoms with Gasteiger partial charge in [0.2, 0.25) is 5.91 Å². The van der Waals surface area contributed by atoms with Crippen molar-refractivity contribution in [1.82, 2.24) is 15.5 Å². The van der Waals surface area contributed by atoms with E-state index in [4.69, 9.17) is 4.52 Å². The van der Waals surface area contributed by atoms with E-state index in [-0.39, 0.29) is 12.3 Å². The molecule has 0 unspecified atom stereocenters. The van der Waals surface area contributed by atoms with Crippen LogP contribution in [0.3, 0.4) is 0 Å². The first-order chi connectivity index (χ1) is 10.6. The Labute approximate surface area is 128 Å². The van der Waals surface area contributed by atoms with Crippen LogP contribution in [0.25, 0.3) is 11.0 Å². The van der Waals surface area contributed by atoms with Gasteiger partial charge in [-0.1, -0.05) is 11.2 Å². The number of carbonyl (C=O) groups is 1. The van der Waals surface area contributed by atoms with Gasteiger partial charge in [0.25, 0.3) is 0 Å². The van der Waals surface area contributed by atoms with Gasteiger partial charge in [0, 0.05) is 24.3 Å². The molecule has 0 atom stereocenters. The minimum atomic E-state index is -0.0769. The number of amides is 1. The standard InChI is InChI=1S/C17H17N3O2/c1-11-7-12(2)17-14(20-22-15(17)8-11)9-16(21)19-10-13-3-5-18-6-4-13/h3-8H,9-10H2,1-2H3,(H,19,21). The second-order valence-corrected chi connectivity index (χ2v) is 5.39. The van der Waals surface area contributed by atoms with Gasteiger partial charge in [0.05, 0.1) is 6.42 Å². The second kappa shape index (κ2) is 5.97. The third kappa shape index (κ3) is 2.98. The van der Waals surface area contributed by atoms with Gasteiger partial charge in [-0.25, -0.2) is 0 Å². The van der Waals surface area contributed by atoms with Crippen molar-refractivity contribution in [2.45, 2.75) is 26.8 Å². The van der Waals surface area contributed by atoms with E-state index in [2.05, 4.69) is 21.5 Å². The summed E-state index contributed by atoms with van der Waals surface area (Å²) < 4.78 is 5.34. The van der Waals surface area contributed by atoms with E-state index in [0.717, 1.165) is 27.7 Å². The lowest BCUT2D eigenvalue weighted by Gasteiger charge is -2.04. The van der Waals surface area contributed by atoms with E-state index in [1.807, 2.05) is 32.0 Å². The fourth-order valence-corrected chi connectivity index (χ4v) is 2.56. The predicted octanol–water partition coefficient (Wildman–Crippen LogP) is 2.70. The van der Waals surface area contributed by atoms with Crippen molar-refractivity contribution in [3.8, 4) is 0 Å². The molecule has 0 aliphatic rings. The molecule has 0 radical (unpaired) electrons. The van der Waals surface area contributed by atoms with Crippen LogP contribution in [0.4, 0.5) is 0 Å². The highest BCUT2D eigenvalue weighted by molar-refractivity contribution is 5.88. The molecular weight excluding hydrogens is 278 g/mol. The fourth-order valence-electron chi connectivity index (χ4n) is 2.56. The maximum atomic E-state index is 12.1. The molecule has 0 saturated carbocycles. The number of hydrogen-bond acceptors (Lipinski definition) is 4. The van der Waals surface area contributed by atoms with Gasteiger partial charge in [0.1, 0.15) is 5.69 Å². The van der Waals surface area contributed by atoms with Gasteiger partial charge in [-0.05, 0) is 48.7 Å². The van der Waals surface area contributed by atoms with Crippen LogP contribution in [0.2, 0.25) is 0 Å². The Bertz CT molecular complexity index is 809. The number of aromatic nitrogens is 2. The smallest absolute Gasteiger partial charge is 0.226 e. The lowest BCUT2D eigenvalue weighted by atomic mass is 10.0. The van der Waals surface area contributed by atoms with Crippen LogP contribution in [-0.2, 0) is 17.8 Å². The highest BCUT2D eigenvalue weighted by Gasteiger charge is 2.14. The van der Waals surface area contributed by atoms with Crippen LogP contribution in [0.5, 0.6) is 0 Å². The molecule has 3 aromatic rings. The normalized spacial score (nSPS) is 10.8. The lowest BCUT2D eigenvalue weighted by molar-refractivity contribution is -0.120. The Morgan fingerprint density at radius 3 is 2.77 bits per heavy atom. The Kier molecular flexibility index (Phi) is 3.87. The van der Waals surface area contributed by atoms with Crippen molar-refractivity contribution in [2.75, 3.05) is 0 Å². The van der Waals surface area contributed by atoms with Crippen LogP contribution in [0.1, 0.15) is 22.4 Å². The summed E-state index contributed by atoms with van der Waals surface area (Å²) in [6.07, 6.45) is 3.62. The van der Waals surface area contributed by atoms with Gasteiger partial charge in [-0.15, -0.1) is 0 Å². The number of nitrogens with one attached hydrogen (secondary N) is 1. The molecule has 5 heteroatoms. The van der Waals surface area contributed by atoms with E-state index >= 15 is 0 Å². The second-order valence-electron chi connectivity index (χ2n) is 5.39. The largest absolute Gasteiger partial charge is 0.356 e. The highest BCUT2D eigenvalue weighted by Crippen LogP contribution is 2.24. The molecule has 22 heavy (non-hydrogen) atoms. The molecule has 0 fully saturated rings. The monoisotopic (exact) mass is 295 g/mol. The molecule has 0 aliphatic carbocycles. The number of fused-ring (bicyclic) bond motifs is 1. The minimum absolute atomic E-state index is 0.0769. The zero-order valence-corrected chi connectivity index (χ0v) is 12.6. The maximum Gasteiger partial charge on any atom is 0.226 e. The summed E-state index contributed by atoms with van der Waals surface area (Å²) in [5.74, 6) is -0.0769. The Morgan fingerprint density at radius 2 is 2.00 bits per heavy atom. The molecule has 0 bridgehead atoms. The third-order valence-electron chi connectivity index (χ3n) is 3.55. The number of nitrogens with zero attached hydrogens (tertiary/aromatic N) is 2. The first-order valence-corrected chi connectivity index (χ1v) is 7.14. The van der Waals surface area contributed by atoms with E-state index in [0.29, 0.717) is 12.2 Å². The molecule has 1 aromatic carbocycles. The number of benzene rings is 1. The summed E-state index contributed by atoms with van der Waals surface area (Å²) in [6, 6.07) is 7.75. The number of aryl methyl sites for hydroxylation is 2. The van der Waals surface area contributed by atoms with E-state index in [1.54, 1.807) is 12.4 Å². The molecule has 1 N–H and O–H groups in total. The molecular formula is C17H17N3O2. The molecule has 112 valence electrons. The summed E-state index contributed by atoms with van der Waals surface area (Å²) >= 11 is 0. The molecule has 0 saturated heterocycles. The number of hydrogen-bond donors (Lipinski definition) is 1. The summed E-state index contributed by atoms with van der Waals surface area (Å²) in [4.78, 5) is 16.0. The molecule has 3 rings (SSSR count). The first-order valence-electron chi connectivity index (χ1n) is 7.14. The molecule has 5 nitrogen and oxygen atoms in total. The fraction of sp³-hybridized carbons (Fsp3) is 0.235. The van der Waals surface area contributed by atoms with Crippen molar-refractivity contribution in [3.05, 3.63) is 59.0 Å². The number of carbonyl (C=O) groups excluding carboxylic acids is 1. The van der Waals surface area contributed by atoms with Crippen LogP contribution in [0.15, 0.2) is 41.2 Å². The van der Waals surface area contributed by atoms with Crippen LogP contribution in [-0.4, -0.2) is 16.0 Å². The van der Waals surface area contributed by atoms with Gasteiger partial charge < -0.3 is 9.84 Å². The maximum absolute atomic E-state index is 12.1. The first kappa shape index (κ1) is 14.3. The molecule has 1 amide bonds. The SMILES string of the molecule is Cc1cc(C)c2c(CC(=O)NCc3ccncc3)noc2c1. The minimum Gasteiger partial charge on any atom is -0.356 e. The van der Waals surface area contributed by atoms with Crippen molar-refractivity contribution in [1.29, 1.82) is 0 Å². The van der Waals surface area contributed by atoms with E-state index in [9.17, 15) is 4.79 Å². The summed E-state index contributed by atoms with van der Waals surface area (Å²) in [5.41, 5.74) is 4.62. The molecule has 0 aliphatic heterocycles. The molecule has 0 spiro atoms. The van der Waals surface area contributed by atoms with Gasteiger partial charge in [-0.2, -0.15) is 0 Å². The summed E-state index contributed by atoms with van der Waals surface area (Å²) in [5, 5.41) is 7.87.